The molecule has 0 aliphatic heterocycles. The molecular weight excluding hydrogens is 312 g/mol. The average molecular weight is 329 g/mol. The van der Waals surface area contributed by atoms with Crippen molar-refractivity contribution in [3.8, 4) is 0 Å². The van der Waals surface area contributed by atoms with E-state index in [2.05, 4.69) is 80.5 Å². The van der Waals surface area contributed by atoms with Crippen molar-refractivity contribution in [1.29, 1.82) is 0 Å². The van der Waals surface area contributed by atoms with Gasteiger partial charge in [-0.15, -0.1) is 0 Å². The van der Waals surface area contributed by atoms with Gasteiger partial charge in [0.15, 0.2) is 0 Å². The SMILES string of the molecule is Brc1ccc2ccn(CCNCc3ccccc3)c2c1. The lowest BCUT2D eigenvalue weighted by atomic mass is 10.2. The summed E-state index contributed by atoms with van der Waals surface area (Å²) in [6, 6.07) is 19.1. The van der Waals surface area contributed by atoms with Gasteiger partial charge in [-0.2, -0.15) is 0 Å². The van der Waals surface area contributed by atoms with Crippen LogP contribution >= 0.6 is 15.9 Å². The van der Waals surface area contributed by atoms with Crippen LogP contribution < -0.4 is 5.32 Å². The molecule has 0 bridgehead atoms. The van der Waals surface area contributed by atoms with E-state index >= 15 is 0 Å². The summed E-state index contributed by atoms with van der Waals surface area (Å²) in [7, 11) is 0. The van der Waals surface area contributed by atoms with Crippen LogP contribution in [0.2, 0.25) is 0 Å². The third kappa shape index (κ3) is 3.11. The van der Waals surface area contributed by atoms with Gasteiger partial charge in [-0.3, -0.25) is 0 Å². The lowest BCUT2D eigenvalue weighted by molar-refractivity contribution is 0.609. The van der Waals surface area contributed by atoms with E-state index in [4.69, 9.17) is 0 Å². The monoisotopic (exact) mass is 328 g/mol. The van der Waals surface area contributed by atoms with E-state index in [-0.39, 0.29) is 0 Å². The molecule has 0 amide bonds. The molecule has 0 saturated carbocycles. The molecular formula is C17H17BrN2. The van der Waals surface area contributed by atoms with Gasteiger partial charge in [-0.1, -0.05) is 52.3 Å². The van der Waals surface area contributed by atoms with Gasteiger partial charge in [-0.05, 0) is 29.1 Å². The minimum Gasteiger partial charge on any atom is -0.346 e. The van der Waals surface area contributed by atoms with Crippen molar-refractivity contribution >= 4 is 26.8 Å². The van der Waals surface area contributed by atoms with Crippen molar-refractivity contribution in [1.82, 2.24) is 9.88 Å². The quantitative estimate of drug-likeness (QED) is 0.695. The molecule has 0 radical (unpaired) electrons. The summed E-state index contributed by atoms with van der Waals surface area (Å²) >= 11 is 3.53. The summed E-state index contributed by atoms with van der Waals surface area (Å²) in [5, 5.41) is 4.77. The molecule has 3 rings (SSSR count). The minimum atomic E-state index is 0.920. The van der Waals surface area contributed by atoms with Crippen molar-refractivity contribution in [3.05, 3.63) is 70.8 Å². The summed E-state index contributed by atoms with van der Waals surface area (Å²) in [6.07, 6.45) is 2.15. The highest BCUT2D eigenvalue weighted by molar-refractivity contribution is 9.10. The Bertz CT molecular complexity index is 689. The maximum Gasteiger partial charge on any atom is 0.0492 e. The summed E-state index contributed by atoms with van der Waals surface area (Å²) in [5.41, 5.74) is 2.61. The summed E-state index contributed by atoms with van der Waals surface area (Å²) in [6.45, 7) is 2.86. The number of nitrogens with zero attached hydrogens (tertiary/aromatic N) is 1. The van der Waals surface area contributed by atoms with E-state index in [1.807, 2.05) is 6.07 Å². The second-order valence-electron chi connectivity index (χ2n) is 4.87. The lowest BCUT2D eigenvalue weighted by Crippen LogP contribution is -2.19. The van der Waals surface area contributed by atoms with Gasteiger partial charge in [0.05, 0.1) is 0 Å². The third-order valence-corrected chi connectivity index (χ3v) is 3.93. The Morgan fingerprint density at radius 3 is 2.70 bits per heavy atom. The summed E-state index contributed by atoms with van der Waals surface area (Å²) in [4.78, 5) is 0. The molecule has 3 aromatic rings. The summed E-state index contributed by atoms with van der Waals surface area (Å²) in [5.74, 6) is 0. The molecule has 0 spiro atoms. The maximum atomic E-state index is 3.53. The van der Waals surface area contributed by atoms with Gasteiger partial charge in [-0.25, -0.2) is 0 Å². The topological polar surface area (TPSA) is 17.0 Å². The van der Waals surface area contributed by atoms with Crippen LogP contribution in [-0.4, -0.2) is 11.1 Å². The molecule has 2 aromatic carbocycles. The largest absolute Gasteiger partial charge is 0.346 e. The molecule has 0 unspecified atom stereocenters. The summed E-state index contributed by atoms with van der Waals surface area (Å²) < 4.78 is 3.42. The number of benzene rings is 2. The highest BCUT2D eigenvalue weighted by atomic mass is 79.9. The Hall–Kier alpha value is -1.58. The molecule has 0 atom stereocenters. The molecule has 20 heavy (non-hydrogen) atoms. The molecule has 0 fully saturated rings. The number of rotatable bonds is 5. The van der Waals surface area contributed by atoms with Crippen molar-refractivity contribution in [2.75, 3.05) is 6.54 Å². The van der Waals surface area contributed by atoms with Crippen molar-refractivity contribution in [2.24, 2.45) is 0 Å². The van der Waals surface area contributed by atoms with Crippen LogP contribution in [0.3, 0.4) is 0 Å². The van der Waals surface area contributed by atoms with E-state index in [1.54, 1.807) is 0 Å². The van der Waals surface area contributed by atoms with Crippen molar-refractivity contribution in [2.45, 2.75) is 13.1 Å². The van der Waals surface area contributed by atoms with Crippen LogP contribution in [0.5, 0.6) is 0 Å². The second kappa shape index (κ2) is 6.25. The number of hydrogen-bond donors (Lipinski definition) is 1. The van der Waals surface area contributed by atoms with Crippen LogP contribution in [-0.2, 0) is 13.1 Å². The zero-order valence-electron chi connectivity index (χ0n) is 11.2. The normalized spacial score (nSPS) is 11.1. The predicted molar refractivity (Wildman–Crippen MR) is 87.8 cm³/mol. The van der Waals surface area contributed by atoms with E-state index in [1.165, 1.54) is 16.5 Å². The standard InChI is InChI=1S/C17H17BrN2/c18-16-7-6-15-8-10-20(17(15)12-16)11-9-19-13-14-4-2-1-3-5-14/h1-8,10,12,19H,9,11,13H2. The highest BCUT2D eigenvalue weighted by Gasteiger charge is 2.01. The molecule has 2 nitrogen and oxygen atoms in total. The van der Waals surface area contributed by atoms with E-state index in [0.29, 0.717) is 0 Å². The van der Waals surface area contributed by atoms with Gasteiger partial charge >= 0.3 is 0 Å². The number of hydrogen-bond acceptors (Lipinski definition) is 1. The zero-order valence-corrected chi connectivity index (χ0v) is 12.8. The fourth-order valence-corrected chi connectivity index (χ4v) is 2.73. The maximum absolute atomic E-state index is 3.53. The van der Waals surface area contributed by atoms with Crippen LogP contribution in [0.15, 0.2) is 65.3 Å². The predicted octanol–water partition coefficient (Wildman–Crippen LogP) is 4.19. The van der Waals surface area contributed by atoms with Crippen LogP contribution in [0.25, 0.3) is 10.9 Å². The smallest absolute Gasteiger partial charge is 0.0492 e. The minimum absolute atomic E-state index is 0.920. The van der Waals surface area contributed by atoms with Gasteiger partial charge in [0.1, 0.15) is 0 Å². The number of halogens is 1. The third-order valence-electron chi connectivity index (χ3n) is 3.44. The molecule has 1 N–H and O–H groups in total. The van der Waals surface area contributed by atoms with Gasteiger partial charge in [0.2, 0.25) is 0 Å². The van der Waals surface area contributed by atoms with Gasteiger partial charge < -0.3 is 9.88 Å². The number of fused-ring (bicyclic) bond motifs is 1. The first-order chi connectivity index (χ1) is 9.83. The zero-order chi connectivity index (χ0) is 13.8. The first-order valence-electron chi connectivity index (χ1n) is 6.82. The van der Waals surface area contributed by atoms with E-state index < -0.39 is 0 Å². The first kappa shape index (κ1) is 13.4. The Morgan fingerprint density at radius 1 is 1.00 bits per heavy atom. The molecule has 1 aromatic heterocycles. The number of aromatic nitrogens is 1. The second-order valence-corrected chi connectivity index (χ2v) is 5.79. The van der Waals surface area contributed by atoms with E-state index in [9.17, 15) is 0 Å². The Kier molecular flexibility index (Phi) is 4.19. The Morgan fingerprint density at radius 2 is 1.85 bits per heavy atom. The molecule has 0 saturated heterocycles. The van der Waals surface area contributed by atoms with Crippen molar-refractivity contribution in [3.63, 3.8) is 0 Å². The van der Waals surface area contributed by atoms with Gasteiger partial charge in [0, 0.05) is 35.8 Å². The molecule has 3 heteroatoms. The number of nitrogens with one attached hydrogen (secondary N) is 1. The molecule has 102 valence electrons. The fourth-order valence-electron chi connectivity index (χ4n) is 2.38. The van der Waals surface area contributed by atoms with E-state index in [0.717, 1.165) is 24.1 Å². The Labute approximate surface area is 127 Å². The Balaban J connectivity index is 1.59. The van der Waals surface area contributed by atoms with Gasteiger partial charge in [0.25, 0.3) is 0 Å². The molecule has 1 heterocycles. The molecule has 0 aliphatic rings. The first-order valence-corrected chi connectivity index (χ1v) is 7.61. The average Bonchev–Trinajstić information content (AvgIpc) is 2.87. The van der Waals surface area contributed by atoms with Crippen LogP contribution in [0.4, 0.5) is 0 Å². The molecule has 0 aliphatic carbocycles. The van der Waals surface area contributed by atoms with Crippen LogP contribution in [0.1, 0.15) is 5.56 Å². The highest BCUT2D eigenvalue weighted by Crippen LogP contribution is 2.20. The fraction of sp³-hybridized carbons (Fsp3) is 0.176. The van der Waals surface area contributed by atoms with Crippen LogP contribution in [0, 0.1) is 0 Å². The van der Waals surface area contributed by atoms with Crippen molar-refractivity contribution < 1.29 is 0 Å². The lowest BCUT2D eigenvalue weighted by Gasteiger charge is -2.08.